The predicted molar refractivity (Wildman–Crippen MR) is 86.9 cm³/mol. The molecule has 1 fully saturated rings. The average molecular weight is 276 g/mol. The summed E-state index contributed by atoms with van der Waals surface area (Å²) in [5.41, 5.74) is 1.48. The molecule has 1 N–H and O–H groups in total. The van der Waals surface area contributed by atoms with Crippen LogP contribution in [0.1, 0.15) is 76.3 Å². The van der Waals surface area contributed by atoms with E-state index >= 15 is 0 Å². The van der Waals surface area contributed by atoms with Crippen LogP contribution in [0.3, 0.4) is 0 Å². The van der Waals surface area contributed by atoms with E-state index in [9.17, 15) is 0 Å². The van der Waals surface area contributed by atoms with E-state index in [1.165, 1.54) is 69.9 Å². The Morgan fingerprint density at radius 1 is 1.15 bits per heavy atom. The molecular weight excluding hydrogens is 244 g/mol. The Morgan fingerprint density at radius 2 is 1.85 bits per heavy atom. The van der Waals surface area contributed by atoms with Gasteiger partial charge in [0.05, 0.1) is 0 Å². The van der Waals surface area contributed by atoms with Crippen LogP contribution in [0.2, 0.25) is 0 Å². The van der Waals surface area contributed by atoms with Crippen LogP contribution >= 0.6 is 0 Å². The van der Waals surface area contributed by atoms with Gasteiger partial charge in [-0.2, -0.15) is 0 Å². The molecule has 2 heteroatoms. The van der Waals surface area contributed by atoms with Gasteiger partial charge in [-0.25, -0.2) is 0 Å². The first-order chi connectivity index (χ1) is 9.85. The Bertz CT molecular complexity index is 365. The van der Waals surface area contributed by atoms with Crippen molar-refractivity contribution in [2.45, 2.75) is 77.3 Å². The van der Waals surface area contributed by atoms with E-state index in [-0.39, 0.29) is 0 Å². The van der Waals surface area contributed by atoms with Crippen LogP contribution in [0.15, 0.2) is 18.5 Å². The van der Waals surface area contributed by atoms with E-state index in [2.05, 4.69) is 42.3 Å². The zero-order chi connectivity index (χ0) is 14.2. The Hall–Kier alpha value is -0.760. The SMILES string of the molecule is CCCCCCCCCn1ccc(C(NC)C2CC2)c1. The number of hydrogen-bond donors (Lipinski definition) is 1. The lowest BCUT2D eigenvalue weighted by molar-refractivity contribution is 0.523. The lowest BCUT2D eigenvalue weighted by atomic mass is 10.1. The number of nitrogens with zero attached hydrogens (tertiary/aromatic N) is 1. The van der Waals surface area contributed by atoms with E-state index in [0.717, 1.165) is 5.92 Å². The first-order valence-corrected chi connectivity index (χ1v) is 8.68. The largest absolute Gasteiger partial charge is 0.354 e. The molecule has 0 aromatic carbocycles. The van der Waals surface area contributed by atoms with Gasteiger partial charge in [0.2, 0.25) is 0 Å². The molecule has 0 spiro atoms. The summed E-state index contributed by atoms with van der Waals surface area (Å²) in [4.78, 5) is 0. The van der Waals surface area contributed by atoms with Crippen LogP contribution in [0.4, 0.5) is 0 Å². The molecule has 1 aliphatic carbocycles. The number of aryl methyl sites for hydroxylation is 1. The number of hydrogen-bond acceptors (Lipinski definition) is 1. The zero-order valence-electron chi connectivity index (χ0n) is 13.4. The normalized spacial score (nSPS) is 16.5. The molecule has 2 nitrogen and oxygen atoms in total. The van der Waals surface area contributed by atoms with Gasteiger partial charge in [0, 0.05) is 25.0 Å². The van der Waals surface area contributed by atoms with Crippen LogP contribution in [0, 0.1) is 5.92 Å². The third kappa shape index (κ3) is 4.97. The molecule has 1 aromatic rings. The molecule has 0 aliphatic heterocycles. The topological polar surface area (TPSA) is 17.0 Å². The number of unbranched alkanes of at least 4 members (excludes halogenated alkanes) is 6. The van der Waals surface area contributed by atoms with Gasteiger partial charge in [0.25, 0.3) is 0 Å². The number of nitrogens with one attached hydrogen (secondary N) is 1. The van der Waals surface area contributed by atoms with Gasteiger partial charge in [0.15, 0.2) is 0 Å². The highest BCUT2D eigenvalue weighted by atomic mass is 15.0. The van der Waals surface area contributed by atoms with Gasteiger partial charge in [-0.05, 0) is 43.9 Å². The maximum Gasteiger partial charge on any atom is 0.0361 e. The van der Waals surface area contributed by atoms with Crippen molar-refractivity contribution in [1.29, 1.82) is 0 Å². The van der Waals surface area contributed by atoms with E-state index in [0.29, 0.717) is 6.04 Å². The average Bonchev–Trinajstić information content (AvgIpc) is 3.18. The standard InChI is InChI=1S/C18H32N2/c1-3-4-5-6-7-8-9-13-20-14-12-17(15-20)18(19-2)16-10-11-16/h12,14-16,18-19H,3-11,13H2,1-2H3. The summed E-state index contributed by atoms with van der Waals surface area (Å²) in [7, 11) is 2.09. The smallest absolute Gasteiger partial charge is 0.0361 e. The van der Waals surface area contributed by atoms with Crippen LogP contribution in [0.5, 0.6) is 0 Å². The molecule has 114 valence electrons. The van der Waals surface area contributed by atoms with E-state index in [1.807, 2.05) is 0 Å². The third-order valence-corrected chi connectivity index (χ3v) is 4.56. The minimum absolute atomic E-state index is 0.588. The molecule has 0 saturated heterocycles. The Kier molecular flexibility index (Phi) is 6.65. The van der Waals surface area contributed by atoms with E-state index in [1.54, 1.807) is 0 Å². The zero-order valence-corrected chi connectivity index (χ0v) is 13.4. The van der Waals surface area contributed by atoms with Crippen LogP contribution in [-0.4, -0.2) is 11.6 Å². The number of rotatable bonds is 11. The maximum atomic E-state index is 3.48. The van der Waals surface area contributed by atoms with Crippen molar-refractivity contribution >= 4 is 0 Å². The lowest BCUT2D eigenvalue weighted by Gasteiger charge is -2.13. The van der Waals surface area contributed by atoms with Crippen molar-refractivity contribution in [1.82, 2.24) is 9.88 Å². The fourth-order valence-corrected chi connectivity index (χ4v) is 3.14. The van der Waals surface area contributed by atoms with Crippen molar-refractivity contribution < 1.29 is 0 Å². The quantitative estimate of drug-likeness (QED) is 0.568. The number of aromatic nitrogens is 1. The van der Waals surface area contributed by atoms with Crippen molar-refractivity contribution in [3.05, 3.63) is 24.0 Å². The Balaban J connectivity index is 1.62. The molecule has 2 rings (SSSR count). The first-order valence-electron chi connectivity index (χ1n) is 8.68. The third-order valence-electron chi connectivity index (χ3n) is 4.56. The highest BCUT2D eigenvalue weighted by Crippen LogP contribution is 2.40. The second kappa shape index (κ2) is 8.51. The minimum Gasteiger partial charge on any atom is -0.354 e. The van der Waals surface area contributed by atoms with Gasteiger partial charge in [-0.15, -0.1) is 0 Å². The second-order valence-electron chi connectivity index (χ2n) is 6.41. The predicted octanol–water partition coefficient (Wildman–Crippen LogP) is 4.91. The summed E-state index contributed by atoms with van der Waals surface area (Å²) < 4.78 is 2.38. The summed E-state index contributed by atoms with van der Waals surface area (Å²) in [6.45, 7) is 3.47. The highest BCUT2D eigenvalue weighted by Gasteiger charge is 2.31. The summed E-state index contributed by atoms with van der Waals surface area (Å²) in [6.07, 6.45) is 17.1. The second-order valence-corrected chi connectivity index (χ2v) is 6.41. The van der Waals surface area contributed by atoms with E-state index in [4.69, 9.17) is 0 Å². The molecular formula is C18H32N2. The van der Waals surface area contributed by atoms with Crippen molar-refractivity contribution in [3.8, 4) is 0 Å². The van der Waals surface area contributed by atoms with Gasteiger partial charge in [-0.1, -0.05) is 45.4 Å². The van der Waals surface area contributed by atoms with Crippen LogP contribution < -0.4 is 5.32 Å². The molecule has 0 radical (unpaired) electrons. The van der Waals surface area contributed by atoms with Crippen molar-refractivity contribution in [3.63, 3.8) is 0 Å². The lowest BCUT2D eigenvalue weighted by Crippen LogP contribution is -2.17. The molecule has 0 amide bonds. The summed E-state index contributed by atoms with van der Waals surface area (Å²) >= 11 is 0. The van der Waals surface area contributed by atoms with Gasteiger partial charge >= 0.3 is 0 Å². The summed E-state index contributed by atoms with van der Waals surface area (Å²) in [5, 5.41) is 3.48. The van der Waals surface area contributed by atoms with Gasteiger partial charge < -0.3 is 9.88 Å². The monoisotopic (exact) mass is 276 g/mol. The van der Waals surface area contributed by atoms with Gasteiger partial charge in [-0.3, -0.25) is 0 Å². The minimum atomic E-state index is 0.588. The molecule has 1 atom stereocenters. The van der Waals surface area contributed by atoms with Crippen molar-refractivity contribution in [2.24, 2.45) is 5.92 Å². The Labute approximate surface area is 125 Å². The molecule has 1 unspecified atom stereocenters. The molecule has 0 bridgehead atoms. The van der Waals surface area contributed by atoms with Crippen LogP contribution in [-0.2, 0) is 6.54 Å². The van der Waals surface area contributed by atoms with Crippen molar-refractivity contribution in [2.75, 3.05) is 7.05 Å². The molecule has 1 aliphatic rings. The van der Waals surface area contributed by atoms with Crippen LogP contribution in [0.25, 0.3) is 0 Å². The van der Waals surface area contributed by atoms with E-state index < -0.39 is 0 Å². The summed E-state index contributed by atoms with van der Waals surface area (Å²) in [5.74, 6) is 0.884. The molecule has 1 heterocycles. The maximum absolute atomic E-state index is 3.48. The molecule has 1 aromatic heterocycles. The fraction of sp³-hybridized carbons (Fsp3) is 0.778. The molecule has 1 saturated carbocycles. The molecule has 20 heavy (non-hydrogen) atoms. The Morgan fingerprint density at radius 3 is 2.50 bits per heavy atom. The fourth-order valence-electron chi connectivity index (χ4n) is 3.14. The summed E-state index contributed by atoms with van der Waals surface area (Å²) in [6, 6.07) is 2.89. The highest BCUT2D eigenvalue weighted by molar-refractivity contribution is 5.18. The van der Waals surface area contributed by atoms with Gasteiger partial charge in [0.1, 0.15) is 0 Å². The first kappa shape index (κ1) is 15.6.